The van der Waals surface area contributed by atoms with E-state index in [-0.39, 0.29) is 17.3 Å². The van der Waals surface area contributed by atoms with Crippen LogP contribution in [-0.2, 0) is 11.8 Å². The Morgan fingerprint density at radius 3 is 2.50 bits per heavy atom. The molecule has 1 aromatic carbocycles. The van der Waals surface area contributed by atoms with E-state index in [1.165, 1.54) is 10.9 Å². The lowest BCUT2D eigenvalue weighted by molar-refractivity contribution is 0.595. The molecule has 108 valence electrons. The van der Waals surface area contributed by atoms with Gasteiger partial charge in [0.1, 0.15) is 5.82 Å². The van der Waals surface area contributed by atoms with Crippen molar-refractivity contribution in [3.8, 4) is 0 Å². The number of halogens is 2. The summed E-state index contributed by atoms with van der Waals surface area (Å²) in [5.74, 6) is -0.291. The molecule has 20 heavy (non-hydrogen) atoms. The minimum absolute atomic E-state index is 0.109. The number of hydrogen-bond acceptors (Lipinski definition) is 2. The summed E-state index contributed by atoms with van der Waals surface area (Å²) < 4.78 is 13.8. The number of hydrogen-bond donors (Lipinski definition) is 1. The molecule has 2 rings (SSSR count). The van der Waals surface area contributed by atoms with E-state index in [1.807, 2.05) is 6.07 Å². The molecule has 1 unspecified atom stereocenters. The van der Waals surface area contributed by atoms with Gasteiger partial charge >= 0.3 is 0 Å². The van der Waals surface area contributed by atoms with Crippen LogP contribution < -0.4 is 5.73 Å². The van der Waals surface area contributed by atoms with Crippen LogP contribution in [0.2, 0.25) is 5.02 Å². The Bertz CT molecular complexity index is 581. The first kappa shape index (κ1) is 15.5. The van der Waals surface area contributed by atoms with E-state index in [0.717, 1.165) is 4.88 Å². The molecular weight excluding hydrogens is 293 g/mol. The topological polar surface area (TPSA) is 26.0 Å². The molecule has 0 aliphatic rings. The zero-order chi connectivity index (χ0) is 14.9. The van der Waals surface area contributed by atoms with Crippen LogP contribution in [0.3, 0.4) is 0 Å². The Labute approximate surface area is 128 Å². The van der Waals surface area contributed by atoms with Crippen molar-refractivity contribution in [2.75, 3.05) is 0 Å². The van der Waals surface area contributed by atoms with E-state index in [2.05, 4.69) is 26.8 Å². The molecular formula is C16H19ClFNS. The lowest BCUT2D eigenvalue weighted by Crippen LogP contribution is -2.13. The lowest BCUT2D eigenvalue weighted by atomic mass is 9.95. The molecule has 2 aromatic rings. The quantitative estimate of drug-likeness (QED) is 0.840. The van der Waals surface area contributed by atoms with Crippen LogP contribution >= 0.6 is 22.9 Å². The Balaban J connectivity index is 2.20. The Kier molecular flexibility index (Phi) is 4.52. The standard InChI is InChI=1S/C16H19ClFNS/c1-16(2,3)15-8-7-14(20-15)13(19)9-10-11(17)5-4-6-12(10)18/h4-8,13H,9,19H2,1-3H3. The Hall–Kier alpha value is -0.900. The summed E-state index contributed by atoms with van der Waals surface area (Å²) >= 11 is 7.74. The van der Waals surface area contributed by atoms with E-state index in [4.69, 9.17) is 17.3 Å². The maximum atomic E-state index is 13.8. The first-order valence-electron chi connectivity index (χ1n) is 6.57. The molecule has 1 aromatic heterocycles. The molecule has 1 atom stereocenters. The van der Waals surface area contributed by atoms with Crippen molar-refractivity contribution in [3.63, 3.8) is 0 Å². The van der Waals surface area contributed by atoms with Crippen LogP contribution in [0.1, 0.15) is 42.1 Å². The summed E-state index contributed by atoms with van der Waals surface area (Å²) in [5.41, 5.74) is 6.81. The van der Waals surface area contributed by atoms with Gasteiger partial charge in [-0.05, 0) is 36.1 Å². The van der Waals surface area contributed by atoms with Gasteiger partial charge in [0, 0.05) is 26.4 Å². The summed E-state index contributed by atoms with van der Waals surface area (Å²) in [6.07, 6.45) is 0.412. The number of nitrogens with two attached hydrogens (primary N) is 1. The normalized spacial score (nSPS) is 13.5. The highest BCUT2D eigenvalue weighted by atomic mass is 35.5. The largest absolute Gasteiger partial charge is 0.323 e. The summed E-state index contributed by atoms with van der Waals surface area (Å²) in [4.78, 5) is 2.34. The van der Waals surface area contributed by atoms with Crippen molar-refractivity contribution >= 4 is 22.9 Å². The van der Waals surface area contributed by atoms with Gasteiger partial charge in [-0.15, -0.1) is 11.3 Å². The molecule has 1 nitrogen and oxygen atoms in total. The third-order valence-corrected chi connectivity index (χ3v) is 5.21. The van der Waals surface area contributed by atoms with Gasteiger partial charge in [0.05, 0.1) is 0 Å². The van der Waals surface area contributed by atoms with Crippen molar-refractivity contribution in [1.29, 1.82) is 0 Å². The predicted molar refractivity (Wildman–Crippen MR) is 85.1 cm³/mol. The molecule has 0 aliphatic heterocycles. The van der Waals surface area contributed by atoms with Gasteiger partial charge in [-0.1, -0.05) is 38.4 Å². The summed E-state index contributed by atoms with van der Waals surface area (Å²) in [6.45, 7) is 6.51. The summed E-state index contributed by atoms with van der Waals surface area (Å²) in [6, 6.07) is 8.62. The minimum atomic E-state index is -0.291. The Morgan fingerprint density at radius 1 is 1.25 bits per heavy atom. The van der Waals surface area contributed by atoms with Crippen molar-refractivity contribution in [2.24, 2.45) is 5.73 Å². The number of thiophene rings is 1. The maximum Gasteiger partial charge on any atom is 0.127 e. The molecule has 4 heteroatoms. The van der Waals surface area contributed by atoms with Crippen LogP contribution in [-0.4, -0.2) is 0 Å². The molecule has 1 heterocycles. The van der Waals surface area contributed by atoms with Crippen molar-refractivity contribution in [2.45, 2.75) is 38.6 Å². The van der Waals surface area contributed by atoms with Crippen LogP contribution in [0.15, 0.2) is 30.3 Å². The highest BCUT2D eigenvalue weighted by molar-refractivity contribution is 7.12. The zero-order valence-electron chi connectivity index (χ0n) is 11.9. The summed E-state index contributed by atoms with van der Waals surface area (Å²) in [5, 5.41) is 0.438. The molecule has 0 radical (unpaired) electrons. The zero-order valence-corrected chi connectivity index (χ0v) is 13.5. The highest BCUT2D eigenvalue weighted by Gasteiger charge is 2.19. The van der Waals surface area contributed by atoms with E-state index in [9.17, 15) is 4.39 Å². The van der Waals surface area contributed by atoms with Crippen molar-refractivity contribution in [1.82, 2.24) is 0 Å². The Morgan fingerprint density at radius 2 is 1.95 bits per heavy atom. The molecule has 0 aliphatic carbocycles. The van der Waals surface area contributed by atoms with E-state index in [0.29, 0.717) is 17.0 Å². The molecule has 0 bridgehead atoms. The second-order valence-electron chi connectivity index (χ2n) is 5.96. The fourth-order valence-corrected chi connectivity index (χ4v) is 3.31. The average molecular weight is 312 g/mol. The molecule has 2 N–H and O–H groups in total. The predicted octanol–water partition coefficient (Wildman–Crippen LogP) is 5.08. The second kappa shape index (κ2) is 5.84. The van der Waals surface area contributed by atoms with E-state index < -0.39 is 0 Å². The fraction of sp³-hybridized carbons (Fsp3) is 0.375. The second-order valence-corrected chi connectivity index (χ2v) is 7.49. The maximum absolute atomic E-state index is 13.8. The van der Waals surface area contributed by atoms with Gasteiger partial charge in [-0.3, -0.25) is 0 Å². The van der Waals surface area contributed by atoms with Crippen LogP contribution in [0.5, 0.6) is 0 Å². The number of rotatable bonds is 3. The van der Waals surface area contributed by atoms with E-state index in [1.54, 1.807) is 23.5 Å². The van der Waals surface area contributed by atoms with E-state index >= 15 is 0 Å². The van der Waals surface area contributed by atoms with Gasteiger partial charge < -0.3 is 5.73 Å². The first-order chi connectivity index (χ1) is 9.29. The molecule has 0 spiro atoms. The van der Waals surface area contributed by atoms with Gasteiger partial charge in [-0.25, -0.2) is 4.39 Å². The monoisotopic (exact) mass is 311 g/mol. The smallest absolute Gasteiger partial charge is 0.127 e. The van der Waals surface area contributed by atoms with Crippen molar-refractivity contribution in [3.05, 3.63) is 56.5 Å². The van der Waals surface area contributed by atoms with Gasteiger partial charge in [0.25, 0.3) is 0 Å². The van der Waals surface area contributed by atoms with Gasteiger partial charge in [0.15, 0.2) is 0 Å². The SMILES string of the molecule is CC(C)(C)c1ccc(C(N)Cc2c(F)cccc2Cl)s1. The minimum Gasteiger partial charge on any atom is -0.323 e. The van der Waals surface area contributed by atoms with Crippen LogP contribution in [0.4, 0.5) is 4.39 Å². The third kappa shape index (κ3) is 3.40. The number of benzene rings is 1. The molecule has 0 amide bonds. The lowest BCUT2D eigenvalue weighted by Gasteiger charge is -2.16. The van der Waals surface area contributed by atoms with Crippen molar-refractivity contribution < 1.29 is 4.39 Å². The van der Waals surface area contributed by atoms with Gasteiger partial charge in [-0.2, -0.15) is 0 Å². The van der Waals surface area contributed by atoms with Crippen LogP contribution in [0.25, 0.3) is 0 Å². The fourth-order valence-electron chi connectivity index (χ4n) is 2.00. The third-order valence-electron chi connectivity index (χ3n) is 3.22. The van der Waals surface area contributed by atoms with Gasteiger partial charge in [0.2, 0.25) is 0 Å². The molecule has 0 saturated carbocycles. The average Bonchev–Trinajstić information content (AvgIpc) is 2.83. The van der Waals surface area contributed by atoms with Crippen LogP contribution in [0, 0.1) is 5.82 Å². The molecule has 0 saturated heterocycles. The highest BCUT2D eigenvalue weighted by Crippen LogP contribution is 2.33. The summed E-state index contributed by atoms with van der Waals surface area (Å²) in [7, 11) is 0. The molecule has 0 fully saturated rings. The first-order valence-corrected chi connectivity index (χ1v) is 7.77.